The van der Waals surface area contributed by atoms with Gasteiger partial charge in [-0.25, -0.2) is 4.98 Å². The normalized spacial score (nSPS) is 11.0. The number of fused-ring (bicyclic) bond motifs is 1. The van der Waals surface area contributed by atoms with Gasteiger partial charge in [0.1, 0.15) is 11.4 Å². The monoisotopic (exact) mass is 435 g/mol. The number of nitro groups is 1. The number of aryl methyl sites for hydroxylation is 3. The average molecular weight is 436 g/mol. The van der Waals surface area contributed by atoms with Crippen LogP contribution in [0.4, 0.5) is 11.5 Å². The molecule has 0 radical (unpaired) electrons. The van der Waals surface area contributed by atoms with Gasteiger partial charge in [0.2, 0.25) is 0 Å². The smallest absolute Gasteiger partial charge is 0.283 e. The van der Waals surface area contributed by atoms with Gasteiger partial charge in [-0.1, -0.05) is 29.8 Å². The fraction of sp³-hybridized carbons (Fsp3) is 0.136. The highest BCUT2D eigenvalue weighted by molar-refractivity contribution is 6.31. The van der Waals surface area contributed by atoms with Crippen molar-refractivity contribution in [3.05, 3.63) is 86.1 Å². The zero-order valence-corrected chi connectivity index (χ0v) is 17.8. The van der Waals surface area contributed by atoms with Crippen molar-refractivity contribution in [2.45, 2.75) is 20.8 Å². The summed E-state index contributed by atoms with van der Waals surface area (Å²) in [6.45, 7) is 5.75. The van der Waals surface area contributed by atoms with Gasteiger partial charge in [0, 0.05) is 22.5 Å². The van der Waals surface area contributed by atoms with Crippen LogP contribution in [0.3, 0.4) is 0 Å². The molecule has 2 heterocycles. The Morgan fingerprint density at radius 3 is 2.61 bits per heavy atom. The number of nitrogens with one attached hydrogen (secondary N) is 1. The topological polar surface area (TPSA) is 103 Å². The van der Waals surface area contributed by atoms with E-state index in [2.05, 4.69) is 10.4 Å². The lowest BCUT2D eigenvalue weighted by molar-refractivity contribution is -0.385. The number of carbonyl (C=O) groups is 1. The number of benzene rings is 2. The van der Waals surface area contributed by atoms with Crippen LogP contribution in [0, 0.1) is 30.9 Å². The van der Waals surface area contributed by atoms with Gasteiger partial charge in [0.25, 0.3) is 11.6 Å². The molecule has 2 aromatic carbocycles. The Hall–Kier alpha value is -3.78. The molecular weight excluding hydrogens is 418 g/mol. The molecule has 31 heavy (non-hydrogen) atoms. The van der Waals surface area contributed by atoms with Crippen LogP contribution in [0.5, 0.6) is 0 Å². The number of carbonyl (C=O) groups excluding carboxylic acids is 1. The summed E-state index contributed by atoms with van der Waals surface area (Å²) in [4.78, 5) is 28.3. The number of para-hydroxylation sites is 1. The van der Waals surface area contributed by atoms with Gasteiger partial charge in [-0.15, -0.1) is 0 Å². The maximum absolute atomic E-state index is 12.9. The molecule has 0 fully saturated rings. The molecular formula is C22H18ClN5O3. The second-order valence-corrected chi connectivity index (χ2v) is 7.66. The van der Waals surface area contributed by atoms with Crippen LogP contribution in [0.25, 0.3) is 16.7 Å². The first kappa shape index (κ1) is 20.5. The molecule has 0 spiro atoms. The third kappa shape index (κ3) is 3.85. The molecule has 0 aliphatic heterocycles. The maximum atomic E-state index is 12.9. The highest BCUT2D eigenvalue weighted by Crippen LogP contribution is 2.27. The molecule has 2 aromatic heterocycles. The molecule has 0 aliphatic carbocycles. The molecule has 0 unspecified atom stereocenters. The van der Waals surface area contributed by atoms with Gasteiger partial charge in [-0.3, -0.25) is 14.9 Å². The van der Waals surface area contributed by atoms with Gasteiger partial charge in [-0.05, 0) is 50.1 Å². The minimum atomic E-state index is -0.641. The molecule has 156 valence electrons. The van der Waals surface area contributed by atoms with Crippen molar-refractivity contribution in [3.8, 4) is 5.82 Å². The first-order valence-corrected chi connectivity index (χ1v) is 9.81. The van der Waals surface area contributed by atoms with E-state index < -0.39 is 10.8 Å². The van der Waals surface area contributed by atoms with Crippen LogP contribution < -0.4 is 5.32 Å². The number of nitro benzene ring substituents is 1. The number of amides is 1. The highest BCUT2D eigenvalue weighted by Gasteiger charge is 2.22. The lowest BCUT2D eigenvalue weighted by Crippen LogP contribution is -2.17. The summed E-state index contributed by atoms with van der Waals surface area (Å²) >= 11 is 5.85. The molecule has 0 saturated heterocycles. The first-order chi connectivity index (χ1) is 14.7. The molecule has 9 heteroatoms. The summed E-state index contributed by atoms with van der Waals surface area (Å²) in [5.74, 6) is 0.248. The van der Waals surface area contributed by atoms with Gasteiger partial charge in [0.15, 0.2) is 5.82 Å². The van der Waals surface area contributed by atoms with Crippen molar-refractivity contribution in [2.24, 2.45) is 0 Å². The first-order valence-electron chi connectivity index (χ1n) is 9.44. The molecule has 1 amide bonds. The van der Waals surface area contributed by atoms with Crippen LogP contribution in [0.1, 0.15) is 27.2 Å². The number of aromatic nitrogens is 3. The fourth-order valence-electron chi connectivity index (χ4n) is 3.45. The summed E-state index contributed by atoms with van der Waals surface area (Å²) in [5.41, 5.74) is 3.07. The van der Waals surface area contributed by atoms with E-state index in [-0.39, 0.29) is 16.3 Å². The predicted octanol–water partition coefficient (Wildman–Crippen LogP) is 5.16. The van der Waals surface area contributed by atoms with Gasteiger partial charge in [0.05, 0.1) is 16.1 Å². The van der Waals surface area contributed by atoms with Crippen LogP contribution in [-0.4, -0.2) is 25.6 Å². The Bertz CT molecular complexity index is 1360. The van der Waals surface area contributed by atoms with Crippen molar-refractivity contribution in [3.63, 3.8) is 0 Å². The van der Waals surface area contributed by atoms with E-state index in [1.165, 1.54) is 16.8 Å². The van der Waals surface area contributed by atoms with Crippen molar-refractivity contribution in [1.29, 1.82) is 0 Å². The summed E-state index contributed by atoms with van der Waals surface area (Å²) in [7, 11) is 0. The molecule has 1 N–H and O–H groups in total. The minimum Gasteiger partial charge on any atom is -0.306 e. The van der Waals surface area contributed by atoms with E-state index in [0.29, 0.717) is 17.3 Å². The molecule has 4 rings (SSSR count). The largest absolute Gasteiger partial charge is 0.306 e. The van der Waals surface area contributed by atoms with Crippen LogP contribution in [0.2, 0.25) is 5.02 Å². The zero-order chi connectivity index (χ0) is 22.3. The van der Waals surface area contributed by atoms with E-state index in [9.17, 15) is 14.9 Å². The quantitative estimate of drug-likeness (QED) is 0.352. The number of anilines is 1. The SMILES string of the molecule is Cc1cc(NC(=O)c2ccc(Cl)cc2[N+](=O)[O-])n(-c2cc(C)c3cccc(C)c3n2)n1. The molecule has 0 atom stereocenters. The average Bonchev–Trinajstić information content (AvgIpc) is 3.08. The van der Waals surface area contributed by atoms with E-state index >= 15 is 0 Å². The number of rotatable bonds is 4. The molecule has 4 aromatic rings. The van der Waals surface area contributed by atoms with Crippen molar-refractivity contribution < 1.29 is 9.72 Å². The van der Waals surface area contributed by atoms with E-state index in [4.69, 9.17) is 16.6 Å². The van der Waals surface area contributed by atoms with E-state index in [1.807, 2.05) is 38.1 Å². The molecule has 0 bridgehead atoms. The number of hydrogen-bond acceptors (Lipinski definition) is 5. The Kier molecular flexibility index (Phi) is 5.16. The third-order valence-electron chi connectivity index (χ3n) is 4.93. The lowest BCUT2D eigenvalue weighted by atomic mass is 10.1. The van der Waals surface area contributed by atoms with Crippen molar-refractivity contribution >= 4 is 39.9 Å². The van der Waals surface area contributed by atoms with Crippen LogP contribution >= 0.6 is 11.6 Å². The van der Waals surface area contributed by atoms with Gasteiger partial charge in [-0.2, -0.15) is 9.78 Å². The number of halogens is 1. The maximum Gasteiger partial charge on any atom is 0.283 e. The Morgan fingerprint density at radius 2 is 1.87 bits per heavy atom. The standard InChI is InChI=1S/C22H18ClN5O3/c1-12-5-4-6-16-13(2)9-19(24-21(12)16)27-20(10-14(3)26-27)25-22(29)17-8-7-15(23)11-18(17)28(30)31/h4-11H,1-3H3,(H,25,29). The number of nitrogens with zero attached hydrogens (tertiary/aromatic N) is 4. The zero-order valence-electron chi connectivity index (χ0n) is 17.0. The highest BCUT2D eigenvalue weighted by atomic mass is 35.5. The summed E-state index contributed by atoms with van der Waals surface area (Å²) in [5, 5.41) is 19.7. The van der Waals surface area contributed by atoms with E-state index in [0.717, 1.165) is 28.1 Å². The molecule has 0 saturated carbocycles. The molecule has 8 nitrogen and oxygen atoms in total. The van der Waals surface area contributed by atoms with Gasteiger partial charge < -0.3 is 5.32 Å². The lowest BCUT2D eigenvalue weighted by Gasteiger charge is -2.12. The van der Waals surface area contributed by atoms with Crippen LogP contribution in [-0.2, 0) is 0 Å². The van der Waals surface area contributed by atoms with Crippen LogP contribution in [0.15, 0.2) is 48.5 Å². The summed E-state index contributed by atoms with van der Waals surface area (Å²) in [6, 6.07) is 13.4. The Morgan fingerprint density at radius 1 is 1.10 bits per heavy atom. The Balaban J connectivity index is 1.77. The van der Waals surface area contributed by atoms with Crippen molar-refractivity contribution in [1.82, 2.24) is 14.8 Å². The number of hydrogen-bond donors (Lipinski definition) is 1. The minimum absolute atomic E-state index is 0.0988. The number of pyridine rings is 1. The van der Waals surface area contributed by atoms with Crippen molar-refractivity contribution in [2.75, 3.05) is 5.32 Å². The van der Waals surface area contributed by atoms with E-state index in [1.54, 1.807) is 13.0 Å². The molecule has 0 aliphatic rings. The second kappa shape index (κ2) is 7.81. The van der Waals surface area contributed by atoms with Gasteiger partial charge >= 0.3 is 0 Å². The Labute approximate surface area is 182 Å². The summed E-state index contributed by atoms with van der Waals surface area (Å²) < 4.78 is 1.52. The predicted molar refractivity (Wildman–Crippen MR) is 119 cm³/mol. The third-order valence-corrected chi connectivity index (χ3v) is 5.16. The summed E-state index contributed by atoms with van der Waals surface area (Å²) in [6.07, 6.45) is 0. The fourth-order valence-corrected chi connectivity index (χ4v) is 3.61. The second-order valence-electron chi connectivity index (χ2n) is 7.22.